The first-order valence-corrected chi connectivity index (χ1v) is 9.22. The molecular weight excluding hydrogens is 288 g/mol. The molecule has 0 radical (unpaired) electrons. The van der Waals surface area contributed by atoms with Gasteiger partial charge in [-0.15, -0.1) is 0 Å². The number of hydrogen-bond acceptors (Lipinski definition) is 6. The van der Waals surface area contributed by atoms with E-state index in [4.69, 9.17) is 0 Å². The fourth-order valence-corrected chi connectivity index (χ4v) is 4.28. The van der Waals surface area contributed by atoms with Gasteiger partial charge in [0.1, 0.15) is 17.5 Å². The zero-order valence-corrected chi connectivity index (χ0v) is 14.0. The molecule has 0 amide bonds. The third kappa shape index (κ3) is 3.45. The molecule has 1 aliphatic rings. The van der Waals surface area contributed by atoms with Crippen LogP contribution in [0.2, 0.25) is 0 Å². The predicted octanol–water partition coefficient (Wildman–Crippen LogP) is 1.40. The van der Waals surface area contributed by atoms with Crippen LogP contribution in [0, 0.1) is 6.92 Å². The molecule has 1 aliphatic heterocycles. The van der Waals surface area contributed by atoms with Crippen molar-refractivity contribution in [1.82, 2.24) is 9.97 Å². The Bertz CT molecular complexity index is 616. The number of rotatable bonds is 4. The summed E-state index contributed by atoms with van der Waals surface area (Å²) in [6.07, 6.45) is 1.80. The first-order chi connectivity index (χ1) is 9.88. The highest BCUT2D eigenvalue weighted by Crippen LogP contribution is 2.27. The molecule has 118 valence electrons. The highest BCUT2D eigenvalue weighted by Gasteiger charge is 2.30. The number of nitrogens with zero attached hydrogens (tertiary/aromatic N) is 3. The largest absolute Gasteiger partial charge is 0.373 e. The Morgan fingerprint density at radius 2 is 2.10 bits per heavy atom. The zero-order valence-electron chi connectivity index (χ0n) is 13.2. The van der Waals surface area contributed by atoms with E-state index in [1.165, 1.54) is 0 Å². The lowest BCUT2D eigenvalue weighted by Gasteiger charge is -2.35. The SMILES string of the molecule is CCCc1nc(NC)c(C)c(N2CCS(=O)(=O)CC2C)n1. The molecule has 1 unspecified atom stereocenters. The lowest BCUT2D eigenvalue weighted by molar-refractivity contribution is 0.566. The Hall–Kier alpha value is -1.37. The third-order valence-corrected chi connectivity index (χ3v) is 5.61. The molecule has 0 aromatic carbocycles. The van der Waals surface area contributed by atoms with Gasteiger partial charge in [0.15, 0.2) is 9.84 Å². The van der Waals surface area contributed by atoms with Crippen molar-refractivity contribution >= 4 is 21.5 Å². The van der Waals surface area contributed by atoms with Crippen molar-refractivity contribution < 1.29 is 8.42 Å². The van der Waals surface area contributed by atoms with E-state index in [0.717, 1.165) is 35.9 Å². The molecule has 2 heterocycles. The minimum atomic E-state index is -2.92. The molecule has 1 aromatic heterocycles. The third-order valence-electron chi connectivity index (χ3n) is 3.82. The van der Waals surface area contributed by atoms with E-state index in [9.17, 15) is 8.42 Å². The van der Waals surface area contributed by atoms with Crippen molar-refractivity contribution in [2.24, 2.45) is 0 Å². The topological polar surface area (TPSA) is 75.2 Å². The van der Waals surface area contributed by atoms with E-state index in [1.54, 1.807) is 0 Å². The van der Waals surface area contributed by atoms with Gasteiger partial charge in [0.05, 0.1) is 11.5 Å². The van der Waals surface area contributed by atoms with Crippen LogP contribution in [-0.4, -0.2) is 49.5 Å². The van der Waals surface area contributed by atoms with E-state index < -0.39 is 9.84 Å². The van der Waals surface area contributed by atoms with Gasteiger partial charge in [0.25, 0.3) is 0 Å². The monoisotopic (exact) mass is 312 g/mol. The fraction of sp³-hybridized carbons (Fsp3) is 0.714. The van der Waals surface area contributed by atoms with Crippen molar-refractivity contribution in [3.63, 3.8) is 0 Å². The van der Waals surface area contributed by atoms with Crippen molar-refractivity contribution in [1.29, 1.82) is 0 Å². The van der Waals surface area contributed by atoms with E-state index in [2.05, 4.69) is 27.1 Å². The molecule has 21 heavy (non-hydrogen) atoms. The summed E-state index contributed by atoms with van der Waals surface area (Å²) < 4.78 is 23.5. The van der Waals surface area contributed by atoms with Gasteiger partial charge in [0, 0.05) is 31.6 Å². The van der Waals surface area contributed by atoms with E-state index >= 15 is 0 Å². The van der Waals surface area contributed by atoms with Gasteiger partial charge in [0.2, 0.25) is 0 Å². The molecule has 2 rings (SSSR count). The summed E-state index contributed by atoms with van der Waals surface area (Å²) in [5.74, 6) is 2.88. The summed E-state index contributed by atoms with van der Waals surface area (Å²) in [6, 6.07) is -0.0588. The quantitative estimate of drug-likeness (QED) is 0.906. The molecule has 0 spiro atoms. The second-order valence-corrected chi connectivity index (χ2v) is 7.82. The number of anilines is 2. The molecule has 0 aliphatic carbocycles. The Labute approximate surface area is 126 Å². The molecule has 1 atom stereocenters. The van der Waals surface area contributed by atoms with Crippen LogP contribution in [0.1, 0.15) is 31.7 Å². The van der Waals surface area contributed by atoms with Gasteiger partial charge in [-0.25, -0.2) is 18.4 Å². The second kappa shape index (κ2) is 6.17. The molecule has 1 fully saturated rings. The summed E-state index contributed by atoms with van der Waals surface area (Å²) in [7, 11) is -1.08. The Balaban J connectivity index is 2.40. The van der Waals surface area contributed by atoms with Gasteiger partial charge in [-0.2, -0.15) is 0 Å². The molecule has 1 saturated heterocycles. The average molecular weight is 312 g/mol. The van der Waals surface area contributed by atoms with Crippen LogP contribution in [0.25, 0.3) is 0 Å². The minimum Gasteiger partial charge on any atom is -0.373 e. The molecule has 7 heteroatoms. The van der Waals surface area contributed by atoms with Gasteiger partial charge >= 0.3 is 0 Å². The maximum Gasteiger partial charge on any atom is 0.154 e. The van der Waals surface area contributed by atoms with Crippen LogP contribution in [0.5, 0.6) is 0 Å². The van der Waals surface area contributed by atoms with Gasteiger partial charge < -0.3 is 10.2 Å². The summed E-state index contributed by atoms with van der Waals surface area (Å²) in [6.45, 7) is 6.51. The van der Waals surface area contributed by atoms with Crippen LogP contribution < -0.4 is 10.2 Å². The maximum atomic E-state index is 11.7. The van der Waals surface area contributed by atoms with Crippen LogP contribution >= 0.6 is 0 Å². The number of nitrogens with one attached hydrogen (secondary N) is 1. The van der Waals surface area contributed by atoms with Crippen LogP contribution in [0.4, 0.5) is 11.6 Å². The normalized spacial score (nSPS) is 21.3. The molecule has 1 N–H and O–H groups in total. The maximum absolute atomic E-state index is 11.7. The average Bonchev–Trinajstić information content (AvgIpc) is 2.40. The molecule has 0 saturated carbocycles. The molecule has 0 bridgehead atoms. The van der Waals surface area contributed by atoms with Gasteiger partial charge in [-0.05, 0) is 20.3 Å². The number of aryl methyl sites for hydroxylation is 1. The Morgan fingerprint density at radius 3 is 2.67 bits per heavy atom. The van der Waals surface area contributed by atoms with Crippen molar-refractivity contribution in [3.05, 3.63) is 11.4 Å². The lowest BCUT2D eigenvalue weighted by atomic mass is 10.2. The van der Waals surface area contributed by atoms with E-state index in [-0.39, 0.29) is 17.5 Å². The summed E-state index contributed by atoms with van der Waals surface area (Å²) in [5.41, 5.74) is 0.975. The summed E-state index contributed by atoms with van der Waals surface area (Å²) >= 11 is 0. The highest BCUT2D eigenvalue weighted by molar-refractivity contribution is 7.91. The van der Waals surface area contributed by atoms with E-state index in [1.807, 2.05) is 20.9 Å². The number of sulfone groups is 1. The number of aromatic nitrogens is 2. The summed E-state index contributed by atoms with van der Waals surface area (Å²) in [4.78, 5) is 11.3. The standard InChI is InChI=1S/C14H24N4O2S/c1-5-6-12-16-13(15-4)11(3)14(17-12)18-7-8-21(19,20)9-10(18)2/h10H,5-9H2,1-4H3,(H,15,16,17). The highest BCUT2D eigenvalue weighted by atomic mass is 32.2. The van der Waals surface area contributed by atoms with Crippen LogP contribution in [-0.2, 0) is 16.3 Å². The van der Waals surface area contributed by atoms with Gasteiger partial charge in [-0.1, -0.05) is 6.92 Å². The Kier molecular flexibility index (Phi) is 4.70. The van der Waals surface area contributed by atoms with Crippen molar-refractivity contribution in [3.8, 4) is 0 Å². The first kappa shape index (κ1) is 16.0. The molecule has 6 nitrogen and oxygen atoms in total. The van der Waals surface area contributed by atoms with Crippen LogP contribution in [0.3, 0.4) is 0 Å². The smallest absolute Gasteiger partial charge is 0.154 e. The lowest BCUT2D eigenvalue weighted by Crippen LogP contribution is -2.47. The predicted molar refractivity (Wildman–Crippen MR) is 85.8 cm³/mol. The van der Waals surface area contributed by atoms with E-state index in [0.29, 0.717) is 6.54 Å². The molecular formula is C14H24N4O2S. The van der Waals surface area contributed by atoms with Gasteiger partial charge in [-0.3, -0.25) is 0 Å². The number of hydrogen-bond donors (Lipinski definition) is 1. The van der Waals surface area contributed by atoms with Crippen LogP contribution in [0.15, 0.2) is 0 Å². The molecule has 1 aromatic rings. The van der Waals surface area contributed by atoms with Crippen molar-refractivity contribution in [2.75, 3.05) is 35.3 Å². The first-order valence-electron chi connectivity index (χ1n) is 7.40. The zero-order chi connectivity index (χ0) is 15.6. The Morgan fingerprint density at radius 1 is 1.38 bits per heavy atom. The fourth-order valence-electron chi connectivity index (χ4n) is 2.72. The minimum absolute atomic E-state index is 0.0588. The summed E-state index contributed by atoms with van der Waals surface area (Å²) in [5, 5.41) is 3.11. The van der Waals surface area contributed by atoms with Crippen molar-refractivity contribution in [2.45, 2.75) is 39.7 Å². The second-order valence-electron chi connectivity index (χ2n) is 5.59.